The summed E-state index contributed by atoms with van der Waals surface area (Å²) < 4.78 is 16.8. The number of ketones is 1. The first-order chi connectivity index (χ1) is 13.0. The first kappa shape index (κ1) is 19.8. The van der Waals surface area contributed by atoms with Crippen LogP contribution in [0.1, 0.15) is 46.5 Å². The van der Waals surface area contributed by atoms with Crippen molar-refractivity contribution >= 4 is 11.8 Å². The van der Waals surface area contributed by atoms with E-state index >= 15 is 4.39 Å². The van der Waals surface area contributed by atoms with Gasteiger partial charge in [0, 0.05) is 17.3 Å². The van der Waals surface area contributed by atoms with Crippen LogP contribution in [-0.4, -0.2) is 44.9 Å². The molecule has 0 aromatic carbocycles. The Hall–Kier alpha value is -1.53. The fraction of sp³-hybridized carbons (Fsp3) is 0.727. The number of allylic oxidation sites excluding steroid dienone is 4. The zero-order valence-electron chi connectivity index (χ0n) is 16.6. The van der Waals surface area contributed by atoms with Crippen molar-refractivity contribution in [2.45, 2.75) is 64.3 Å². The zero-order chi connectivity index (χ0) is 20.6. The van der Waals surface area contributed by atoms with Gasteiger partial charge in [0.15, 0.2) is 17.6 Å². The fourth-order valence-corrected chi connectivity index (χ4v) is 7.44. The molecule has 4 aliphatic carbocycles. The van der Waals surface area contributed by atoms with E-state index in [2.05, 4.69) is 0 Å². The number of rotatable bonds is 2. The van der Waals surface area contributed by atoms with Gasteiger partial charge in [-0.3, -0.25) is 4.79 Å². The molecule has 6 heteroatoms. The molecule has 154 valence electrons. The lowest BCUT2D eigenvalue weighted by atomic mass is 9.45. The largest absolute Gasteiger partial charge is 0.479 e. The third-order valence-corrected chi connectivity index (χ3v) is 8.67. The average Bonchev–Trinajstić information content (AvgIpc) is 2.86. The normalized spacial score (nSPS) is 51.0. The van der Waals surface area contributed by atoms with E-state index < -0.39 is 46.5 Å². The fourth-order valence-electron chi connectivity index (χ4n) is 7.44. The molecule has 9 unspecified atom stereocenters. The van der Waals surface area contributed by atoms with E-state index in [1.807, 2.05) is 13.8 Å². The summed E-state index contributed by atoms with van der Waals surface area (Å²) in [6.07, 6.45) is 3.53. The lowest BCUT2D eigenvalue weighted by molar-refractivity contribution is -0.202. The Morgan fingerprint density at radius 1 is 1.32 bits per heavy atom. The summed E-state index contributed by atoms with van der Waals surface area (Å²) in [7, 11) is 0. The van der Waals surface area contributed by atoms with E-state index in [-0.39, 0.29) is 24.0 Å². The lowest BCUT2D eigenvalue weighted by Crippen LogP contribution is -2.67. The highest BCUT2D eigenvalue weighted by molar-refractivity contribution is 6.01. The van der Waals surface area contributed by atoms with Gasteiger partial charge < -0.3 is 15.3 Å². The molecule has 0 radical (unpaired) electrons. The van der Waals surface area contributed by atoms with Gasteiger partial charge in [-0.25, -0.2) is 9.18 Å². The highest BCUT2D eigenvalue weighted by atomic mass is 19.1. The number of carbonyl (C=O) groups is 2. The summed E-state index contributed by atoms with van der Waals surface area (Å²) in [5.41, 5.74) is -2.88. The van der Waals surface area contributed by atoms with Crippen molar-refractivity contribution in [1.29, 1.82) is 0 Å². The van der Waals surface area contributed by atoms with Crippen molar-refractivity contribution in [2.24, 2.45) is 34.5 Å². The Bertz CT molecular complexity index is 790. The van der Waals surface area contributed by atoms with Gasteiger partial charge in [0.25, 0.3) is 0 Å². The molecule has 4 aliphatic rings. The maximum Gasteiger partial charge on any atom is 0.332 e. The van der Waals surface area contributed by atoms with Crippen LogP contribution in [-0.2, 0) is 9.59 Å². The van der Waals surface area contributed by atoms with Crippen LogP contribution in [0.2, 0.25) is 0 Å². The number of hydrogen-bond acceptors (Lipinski definition) is 4. The third-order valence-electron chi connectivity index (χ3n) is 8.67. The lowest BCUT2D eigenvalue weighted by Gasteiger charge is -2.62. The number of alkyl halides is 1. The zero-order valence-corrected chi connectivity index (χ0v) is 16.6. The molecule has 9 atom stereocenters. The molecule has 0 spiro atoms. The van der Waals surface area contributed by atoms with Crippen LogP contribution >= 0.6 is 0 Å². The molecule has 4 rings (SSSR count). The van der Waals surface area contributed by atoms with E-state index in [9.17, 15) is 24.9 Å². The van der Waals surface area contributed by atoms with Gasteiger partial charge in [-0.1, -0.05) is 25.5 Å². The Labute approximate surface area is 164 Å². The molecule has 0 bridgehead atoms. The molecule has 3 saturated carbocycles. The van der Waals surface area contributed by atoms with Crippen molar-refractivity contribution in [3.05, 3.63) is 23.8 Å². The second kappa shape index (κ2) is 5.99. The Morgan fingerprint density at radius 3 is 2.64 bits per heavy atom. The number of hydrogen-bond donors (Lipinski definition) is 3. The molecular weight excluding hydrogens is 363 g/mol. The second-order valence-electron chi connectivity index (χ2n) is 9.87. The Balaban J connectivity index is 1.79. The Morgan fingerprint density at radius 2 is 2.00 bits per heavy atom. The first-order valence-corrected chi connectivity index (χ1v) is 10.2. The van der Waals surface area contributed by atoms with Gasteiger partial charge in [0.05, 0.1) is 6.10 Å². The number of fused-ring (bicyclic) bond motifs is 5. The van der Waals surface area contributed by atoms with Crippen LogP contribution in [0.15, 0.2) is 23.8 Å². The number of carboxylic acids is 1. The average molecular weight is 392 g/mol. The van der Waals surface area contributed by atoms with Gasteiger partial charge in [-0.05, 0) is 62.0 Å². The van der Waals surface area contributed by atoms with E-state index in [1.165, 1.54) is 12.2 Å². The molecule has 3 fully saturated rings. The van der Waals surface area contributed by atoms with Crippen LogP contribution in [0.4, 0.5) is 4.39 Å². The summed E-state index contributed by atoms with van der Waals surface area (Å²) in [4.78, 5) is 23.3. The number of aliphatic carboxylic acids is 1. The van der Waals surface area contributed by atoms with E-state index in [0.29, 0.717) is 19.3 Å². The van der Waals surface area contributed by atoms with E-state index in [0.717, 1.165) is 5.57 Å². The van der Waals surface area contributed by atoms with Crippen molar-refractivity contribution < 1.29 is 29.3 Å². The second-order valence-corrected chi connectivity index (χ2v) is 9.87. The van der Waals surface area contributed by atoms with Crippen molar-refractivity contribution in [3.8, 4) is 0 Å². The minimum Gasteiger partial charge on any atom is -0.479 e. The number of carboxylic acid groups (broad SMARTS) is 1. The smallest absolute Gasteiger partial charge is 0.332 e. The highest BCUT2D eigenvalue weighted by Gasteiger charge is 2.71. The van der Waals surface area contributed by atoms with Crippen LogP contribution in [0, 0.1) is 34.5 Å². The molecule has 0 aliphatic heterocycles. The van der Waals surface area contributed by atoms with Gasteiger partial charge in [0.1, 0.15) is 0 Å². The summed E-state index contributed by atoms with van der Waals surface area (Å²) in [5.74, 6) is -2.59. The molecule has 0 amide bonds. The van der Waals surface area contributed by atoms with Gasteiger partial charge in [0.2, 0.25) is 0 Å². The molecule has 3 N–H and O–H groups in total. The van der Waals surface area contributed by atoms with Crippen molar-refractivity contribution in [3.63, 3.8) is 0 Å². The van der Waals surface area contributed by atoms with Crippen molar-refractivity contribution in [1.82, 2.24) is 0 Å². The monoisotopic (exact) mass is 392 g/mol. The molecule has 5 nitrogen and oxygen atoms in total. The number of halogens is 1. The predicted octanol–water partition coefficient (Wildman–Crippen LogP) is 2.66. The number of aliphatic hydroxyl groups excluding tert-OH is 2. The highest BCUT2D eigenvalue weighted by Crippen LogP contribution is 2.70. The molecule has 0 aromatic heterocycles. The topological polar surface area (TPSA) is 94.8 Å². The van der Waals surface area contributed by atoms with Crippen LogP contribution in [0.25, 0.3) is 0 Å². The maximum atomic E-state index is 16.8. The molecule has 0 heterocycles. The van der Waals surface area contributed by atoms with Crippen LogP contribution < -0.4 is 0 Å². The quantitative estimate of drug-likeness (QED) is 0.672. The van der Waals surface area contributed by atoms with Crippen LogP contribution in [0.5, 0.6) is 0 Å². The summed E-state index contributed by atoms with van der Waals surface area (Å²) >= 11 is 0. The summed E-state index contributed by atoms with van der Waals surface area (Å²) in [5, 5.41) is 30.9. The summed E-state index contributed by atoms with van der Waals surface area (Å²) in [6, 6.07) is 0. The first-order valence-electron chi connectivity index (χ1n) is 10.2. The molecule has 0 saturated heterocycles. The van der Waals surface area contributed by atoms with E-state index in [4.69, 9.17) is 0 Å². The SMILES string of the molecule is CC1CC2C3CCC4=CC(=O)C=CC4(C)C3(F)C(O)CC2(C)C1C(O)C(=O)O. The van der Waals surface area contributed by atoms with Crippen molar-refractivity contribution in [2.75, 3.05) is 0 Å². The van der Waals surface area contributed by atoms with Gasteiger partial charge in [-0.15, -0.1) is 0 Å². The molecule has 0 aromatic rings. The summed E-state index contributed by atoms with van der Waals surface area (Å²) in [6.45, 7) is 5.60. The molecule has 28 heavy (non-hydrogen) atoms. The maximum absolute atomic E-state index is 16.8. The standard InChI is InChI=1S/C22H29FO5/c1-11-8-15-14-5-4-12-9-13(24)6-7-21(12,3)22(14,23)16(25)10-20(15,2)17(11)18(26)19(27)28/h6-7,9,11,14-18,25-26H,4-5,8,10H2,1-3H3,(H,27,28). The minimum atomic E-state index is -1.92. The van der Waals surface area contributed by atoms with E-state index in [1.54, 1.807) is 13.0 Å². The number of carbonyl (C=O) groups excluding carboxylic acids is 1. The third kappa shape index (κ3) is 2.25. The van der Waals surface area contributed by atoms with Gasteiger partial charge >= 0.3 is 5.97 Å². The predicted molar refractivity (Wildman–Crippen MR) is 100 cm³/mol. The van der Waals surface area contributed by atoms with Gasteiger partial charge in [-0.2, -0.15) is 0 Å². The Kier molecular flexibility index (Phi) is 4.23. The minimum absolute atomic E-state index is 0.0797. The molecular formula is C22H29FO5. The van der Waals surface area contributed by atoms with Crippen LogP contribution in [0.3, 0.4) is 0 Å². The number of aliphatic hydroxyl groups is 2.